The van der Waals surface area contributed by atoms with Crippen LogP contribution in [0.5, 0.6) is 5.75 Å². The van der Waals surface area contributed by atoms with Crippen molar-refractivity contribution in [2.24, 2.45) is 0 Å². The summed E-state index contributed by atoms with van der Waals surface area (Å²) in [6.45, 7) is 4.76. The summed E-state index contributed by atoms with van der Waals surface area (Å²) in [7, 11) is 1.60. The first kappa shape index (κ1) is 18.8. The van der Waals surface area contributed by atoms with Gasteiger partial charge in [0.05, 0.1) is 26.6 Å². The molecule has 2 amide bonds. The highest BCUT2D eigenvalue weighted by molar-refractivity contribution is 5.90. The number of amides is 2. The molecule has 1 aliphatic heterocycles. The van der Waals surface area contributed by atoms with Crippen LogP contribution in [0.2, 0.25) is 0 Å². The van der Waals surface area contributed by atoms with Crippen molar-refractivity contribution in [2.45, 2.75) is 26.4 Å². The summed E-state index contributed by atoms with van der Waals surface area (Å²) in [5.41, 5.74) is 4.01. The highest BCUT2D eigenvalue weighted by atomic mass is 16.6. The van der Waals surface area contributed by atoms with Gasteiger partial charge in [0.2, 0.25) is 5.91 Å². The van der Waals surface area contributed by atoms with Crippen molar-refractivity contribution in [2.75, 3.05) is 25.1 Å². The number of hydrogen-bond donors (Lipinski definition) is 1. The number of carbonyl (C=O) groups excluding carboxylic acids is 2. The Balaban J connectivity index is 1.51. The van der Waals surface area contributed by atoms with Crippen LogP contribution in [0.4, 0.5) is 10.5 Å². The fourth-order valence-corrected chi connectivity index (χ4v) is 2.95. The zero-order chi connectivity index (χ0) is 19.4. The Morgan fingerprint density at radius 1 is 1.19 bits per heavy atom. The number of cyclic esters (lactones) is 1. The summed E-state index contributed by atoms with van der Waals surface area (Å²) in [4.78, 5) is 25.9. The number of nitrogens with zero attached hydrogens (tertiary/aromatic N) is 1. The summed E-state index contributed by atoms with van der Waals surface area (Å²) >= 11 is 0. The van der Waals surface area contributed by atoms with Crippen LogP contribution in [0.15, 0.2) is 42.5 Å². The van der Waals surface area contributed by atoms with Crippen molar-refractivity contribution in [1.82, 2.24) is 5.32 Å². The molecule has 0 bridgehead atoms. The standard InChI is InChI=1S/C21H24N2O4/c1-14-4-7-17(10-15(14)2)23-13-19(27-21(23)25)12-22-20(24)11-16-5-8-18(26-3)9-6-16/h4-10,19H,11-13H2,1-3H3,(H,22,24). The number of ether oxygens (including phenoxy) is 2. The van der Waals surface area contributed by atoms with Crippen molar-refractivity contribution in [3.8, 4) is 5.75 Å². The van der Waals surface area contributed by atoms with Gasteiger partial charge in [-0.25, -0.2) is 4.79 Å². The lowest BCUT2D eigenvalue weighted by Crippen LogP contribution is -2.35. The Morgan fingerprint density at radius 2 is 1.93 bits per heavy atom. The number of hydrogen-bond acceptors (Lipinski definition) is 4. The van der Waals surface area contributed by atoms with Gasteiger partial charge in [0.1, 0.15) is 11.9 Å². The molecule has 2 aromatic rings. The van der Waals surface area contributed by atoms with Crippen LogP contribution >= 0.6 is 0 Å². The van der Waals surface area contributed by atoms with Crippen molar-refractivity contribution >= 4 is 17.7 Å². The molecule has 2 aromatic carbocycles. The number of benzene rings is 2. The molecule has 1 atom stereocenters. The van der Waals surface area contributed by atoms with Gasteiger partial charge in [-0.05, 0) is 54.8 Å². The molecule has 1 aliphatic rings. The third kappa shape index (κ3) is 4.58. The zero-order valence-corrected chi connectivity index (χ0v) is 15.8. The lowest BCUT2D eigenvalue weighted by atomic mass is 10.1. The average Bonchev–Trinajstić information content (AvgIpc) is 3.04. The van der Waals surface area contributed by atoms with Crippen LogP contribution in [0.3, 0.4) is 0 Å². The Kier molecular flexibility index (Phi) is 5.64. The van der Waals surface area contributed by atoms with Crippen LogP contribution in [0, 0.1) is 13.8 Å². The van der Waals surface area contributed by atoms with Gasteiger partial charge in [-0.1, -0.05) is 18.2 Å². The zero-order valence-electron chi connectivity index (χ0n) is 15.8. The smallest absolute Gasteiger partial charge is 0.414 e. The van der Waals surface area contributed by atoms with Gasteiger partial charge in [0, 0.05) is 5.69 Å². The SMILES string of the molecule is COc1ccc(CC(=O)NCC2CN(c3ccc(C)c(C)c3)C(=O)O2)cc1. The molecule has 0 radical (unpaired) electrons. The van der Waals surface area contributed by atoms with Gasteiger partial charge in [-0.2, -0.15) is 0 Å². The molecule has 1 fully saturated rings. The first-order chi connectivity index (χ1) is 13.0. The molecular weight excluding hydrogens is 344 g/mol. The quantitative estimate of drug-likeness (QED) is 0.851. The lowest BCUT2D eigenvalue weighted by Gasteiger charge is -2.14. The topological polar surface area (TPSA) is 67.9 Å². The second-order valence-electron chi connectivity index (χ2n) is 6.71. The number of aryl methyl sites for hydroxylation is 2. The second kappa shape index (κ2) is 8.12. The van der Waals surface area contributed by atoms with Gasteiger partial charge in [-0.15, -0.1) is 0 Å². The summed E-state index contributed by atoms with van der Waals surface area (Å²) < 4.78 is 10.5. The van der Waals surface area contributed by atoms with Crippen molar-refractivity contribution in [1.29, 1.82) is 0 Å². The van der Waals surface area contributed by atoms with Gasteiger partial charge < -0.3 is 14.8 Å². The maximum atomic E-state index is 12.2. The van der Waals surface area contributed by atoms with Crippen LogP contribution in [0.25, 0.3) is 0 Å². The first-order valence-electron chi connectivity index (χ1n) is 8.91. The molecule has 1 saturated heterocycles. The minimum absolute atomic E-state index is 0.110. The van der Waals surface area contributed by atoms with Crippen LogP contribution in [0.1, 0.15) is 16.7 Å². The predicted octanol–water partition coefficient (Wildman–Crippen LogP) is 3.00. The molecule has 27 heavy (non-hydrogen) atoms. The second-order valence-corrected chi connectivity index (χ2v) is 6.71. The summed E-state index contributed by atoms with van der Waals surface area (Å²) in [6.07, 6.45) is -0.475. The lowest BCUT2D eigenvalue weighted by molar-refractivity contribution is -0.120. The number of rotatable bonds is 6. The minimum Gasteiger partial charge on any atom is -0.497 e. The highest BCUT2D eigenvalue weighted by Crippen LogP contribution is 2.24. The third-order valence-electron chi connectivity index (χ3n) is 4.73. The van der Waals surface area contributed by atoms with E-state index < -0.39 is 0 Å². The Hall–Kier alpha value is -3.02. The number of methoxy groups -OCH3 is 1. The molecule has 142 valence electrons. The van der Waals surface area contributed by atoms with Gasteiger partial charge in [0.15, 0.2) is 0 Å². The maximum absolute atomic E-state index is 12.2. The first-order valence-corrected chi connectivity index (χ1v) is 8.91. The number of anilines is 1. The summed E-state index contributed by atoms with van der Waals surface area (Å²) in [5, 5.41) is 2.84. The highest BCUT2D eigenvalue weighted by Gasteiger charge is 2.32. The molecule has 1 unspecified atom stereocenters. The molecule has 0 saturated carbocycles. The van der Waals surface area contributed by atoms with Crippen LogP contribution in [-0.2, 0) is 16.0 Å². The predicted molar refractivity (Wildman–Crippen MR) is 103 cm³/mol. The van der Waals surface area contributed by atoms with Crippen LogP contribution in [-0.4, -0.2) is 38.3 Å². The van der Waals surface area contributed by atoms with Gasteiger partial charge >= 0.3 is 6.09 Å². The molecule has 6 nitrogen and oxygen atoms in total. The van der Waals surface area contributed by atoms with E-state index in [2.05, 4.69) is 5.32 Å². The Morgan fingerprint density at radius 3 is 2.59 bits per heavy atom. The van der Waals surface area contributed by atoms with Crippen molar-refractivity contribution in [3.63, 3.8) is 0 Å². The molecule has 1 heterocycles. The van der Waals surface area contributed by atoms with E-state index in [9.17, 15) is 9.59 Å². The fraction of sp³-hybridized carbons (Fsp3) is 0.333. The minimum atomic E-state index is -0.382. The van der Waals surface area contributed by atoms with Gasteiger partial charge in [-0.3, -0.25) is 9.69 Å². The monoisotopic (exact) mass is 368 g/mol. The number of nitrogens with one attached hydrogen (secondary N) is 1. The molecule has 0 spiro atoms. The molecule has 1 N–H and O–H groups in total. The van der Waals surface area contributed by atoms with Crippen molar-refractivity contribution < 1.29 is 19.1 Å². The van der Waals surface area contributed by atoms with Crippen LogP contribution < -0.4 is 15.0 Å². The molecule has 3 rings (SSSR count). The van der Waals surface area contributed by atoms with E-state index in [1.54, 1.807) is 12.0 Å². The van der Waals surface area contributed by atoms with E-state index in [1.807, 2.05) is 56.3 Å². The van der Waals surface area contributed by atoms with E-state index >= 15 is 0 Å². The molecule has 0 aliphatic carbocycles. The summed E-state index contributed by atoms with van der Waals surface area (Å²) in [5.74, 6) is 0.643. The van der Waals surface area contributed by atoms with E-state index in [0.717, 1.165) is 22.6 Å². The Bertz CT molecular complexity index is 833. The Labute approximate surface area is 159 Å². The number of carbonyl (C=O) groups is 2. The normalized spacial score (nSPS) is 16.2. The molecule has 6 heteroatoms. The molecular formula is C21H24N2O4. The fourth-order valence-electron chi connectivity index (χ4n) is 2.95. The van der Waals surface area contributed by atoms with E-state index in [0.29, 0.717) is 13.1 Å². The maximum Gasteiger partial charge on any atom is 0.414 e. The van der Waals surface area contributed by atoms with E-state index in [4.69, 9.17) is 9.47 Å². The largest absolute Gasteiger partial charge is 0.497 e. The summed E-state index contributed by atoms with van der Waals surface area (Å²) in [6, 6.07) is 13.2. The molecule has 0 aromatic heterocycles. The third-order valence-corrected chi connectivity index (χ3v) is 4.73. The average molecular weight is 368 g/mol. The van der Waals surface area contributed by atoms with E-state index in [-0.39, 0.29) is 24.5 Å². The van der Waals surface area contributed by atoms with E-state index in [1.165, 1.54) is 5.56 Å². The van der Waals surface area contributed by atoms with Gasteiger partial charge in [0.25, 0.3) is 0 Å². The van der Waals surface area contributed by atoms with Crippen molar-refractivity contribution in [3.05, 3.63) is 59.2 Å².